The van der Waals surface area contributed by atoms with Crippen LogP contribution in [-0.4, -0.2) is 24.3 Å². The van der Waals surface area contributed by atoms with Crippen LogP contribution >= 0.6 is 11.6 Å². The fourth-order valence-corrected chi connectivity index (χ4v) is 6.01. The number of carbonyl (C=O) groups is 2. The van der Waals surface area contributed by atoms with Crippen LogP contribution < -0.4 is 5.32 Å². The van der Waals surface area contributed by atoms with Crippen LogP contribution in [0, 0.1) is 6.92 Å². The number of halogens is 1. The van der Waals surface area contributed by atoms with E-state index >= 15 is 0 Å². The van der Waals surface area contributed by atoms with Gasteiger partial charge in [0.2, 0.25) is 5.91 Å². The highest BCUT2D eigenvalue weighted by atomic mass is 35.5. The zero-order valence-corrected chi connectivity index (χ0v) is 30.6. The molecule has 8 heteroatoms. The largest absolute Gasteiger partial charge is 0.425 e. The summed E-state index contributed by atoms with van der Waals surface area (Å²) in [6, 6.07) is 38.5. The van der Waals surface area contributed by atoms with Gasteiger partial charge in [0.05, 0.1) is 5.92 Å². The summed E-state index contributed by atoms with van der Waals surface area (Å²) in [7, 11) is -3.11. The van der Waals surface area contributed by atoms with E-state index in [9.17, 15) is 9.59 Å². The molecule has 0 aliphatic heterocycles. The lowest BCUT2D eigenvalue weighted by Gasteiger charge is -2.20. The van der Waals surface area contributed by atoms with Crippen LogP contribution in [0.1, 0.15) is 79.1 Å². The van der Waals surface area contributed by atoms with E-state index in [2.05, 4.69) is 74.6 Å². The van der Waals surface area contributed by atoms with E-state index in [0.29, 0.717) is 23.4 Å². The molecular weight excluding hydrogens is 666 g/mol. The Labute approximate surface area is 301 Å². The third-order valence-corrected chi connectivity index (χ3v) is 8.79. The molecule has 1 atom stereocenters. The van der Waals surface area contributed by atoms with Crippen molar-refractivity contribution in [2.75, 3.05) is 5.32 Å². The smallest absolute Gasteiger partial charge is 0.326 e. The number of hydrogen-bond acceptors (Lipinski definition) is 5. The molecule has 5 rings (SSSR count). The highest BCUT2D eigenvalue weighted by molar-refractivity contribution is 7.59. The number of carbonyl (C=O) groups excluding carboxylic acids is 2. The Hall–Kier alpha value is -4.85. The fourth-order valence-electron chi connectivity index (χ4n) is 5.78. The van der Waals surface area contributed by atoms with Gasteiger partial charge in [-0.2, -0.15) is 0 Å². The Morgan fingerprint density at radius 3 is 1.80 bits per heavy atom. The predicted octanol–water partition coefficient (Wildman–Crippen LogP) is 10.2. The van der Waals surface area contributed by atoms with Gasteiger partial charge in [-0.1, -0.05) is 130 Å². The standard InChI is InChI=1S/C42H42ClNO2.O3S/c1-6-7-40(45)34-10-8-29(9-11-34)27-39(33-14-12-30(13-15-33)31-16-20-35(21-17-31)42(3,4)5)41(46)44-37-23-18-32(19-24-37)38-25-22-36(43)26-28(38)2;1-4(2)3/h8-26,39H,6-7,27H2,1-5H3,(H,44,46);/t39-;/m0./s1. The molecular formula is C42H42ClNO5S. The maximum Gasteiger partial charge on any atom is 0.425 e. The lowest BCUT2D eigenvalue weighted by Crippen LogP contribution is -2.23. The van der Waals surface area contributed by atoms with Gasteiger partial charge in [0, 0.05) is 22.7 Å². The SMILES string of the molecule is CCCC(=O)c1ccc(C[C@H](C(=O)Nc2ccc(-c3ccc(Cl)cc3C)cc2)c2ccc(-c3ccc(C(C)(C)C)cc3)cc2)cc1.O=S(=O)=O. The zero-order valence-electron chi connectivity index (χ0n) is 29.0. The summed E-state index contributed by atoms with van der Waals surface area (Å²) < 4.78 is 25.3. The predicted molar refractivity (Wildman–Crippen MR) is 203 cm³/mol. The highest BCUT2D eigenvalue weighted by Gasteiger charge is 2.22. The van der Waals surface area contributed by atoms with Gasteiger partial charge in [-0.05, 0) is 94.0 Å². The first-order chi connectivity index (χ1) is 23.7. The number of benzene rings is 5. The van der Waals surface area contributed by atoms with Gasteiger partial charge in [-0.15, -0.1) is 12.6 Å². The zero-order chi connectivity index (χ0) is 36.4. The minimum Gasteiger partial charge on any atom is -0.326 e. The summed E-state index contributed by atoms with van der Waals surface area (Å²) in [6.45, 7) is 10.7. The van der Waals surface area contributed by atoms with Gasteiger partial charge in [0.15, 0.2) is 5.78 Å². The first-order valence-corrected chi connectivity index (χ1v) is 17.9. The van der Waals surface area contributed by atoms with Gasteiger partial charge >= 0.3 is 10.6 Å². The van der Waals surface area contributed by atoms with Gasteiger partial charge in [0.25, 0.3) is 0 Å². The van der Waals surface area contributed by atoms with Crippen LogP contribution in [0.3, 0.4) is 0 Å². The van der Waals surface area contributed by atoms with Crippen molar-refractivity contribution in [3.63, 3.8) is 0 Å². The average molecular weight is 708 g/mol. The lowest BCUT2D eigenvalue weighted by molar-refractivity contribution is -0.117. The number of ketones is 1. The number of aryl methyl sites for hydroxylation is 1. The van der Waals surface area contributed by atoms with E-state index in [0.717, 1.165) is 51.1 Å². The van der Waals surface area contributed by atoms with Crippen LogP contribution in [0.25, 0.3) is 22.3 Å². The van der Waals surface area contributed by atoms with Crippen molar-refractivity contribution >= 4 is 39.6 Å². The molecule has 0 saturated heterocycles. The molecule has 0 saturated carbocycles. The Kier molecular flexibility index (Phi) is 13.1. The van der Waals surface area contributed by atoms with Gasteiger partial charge < -0.3 is 5.32 Å². The lowest BCUT2D eigenvalue weighted by atomic mass is 9.86. The average Bonchev–Trinajstić information content (AvgIpc) is 3.07. The van der Waals surface area contributed by atoms with Crippen LogP contribution in [0.2, 0.25) is 5.02 Å². The fraction of sp³-hybridized carbons (Fsp3) is 0.238. The first-order valence-electron chi connectivity index (χ1n) is 16.5. The molecule has 0 radical (unpaired) electrons. The Morgan fingerprint density at radius 2 is 1.28 bits per heavy atom. The summed E-state index contributed by atoms with van der Waals surface area (Å²) >= 11 is 6.16. The van der Waals surface area contributed by atoms with Crippen LogP contribution in [0.4, 0.5) is 5.69 Å². The number of Topliss-reactive ketones (excluding diaryl/α,β-unsaturated/α-hetero) is 1. The third-order valence-electron chi connectivity index (χ3n) is 8.56. The second kappa shape index (κ2) is 17.2. The molecule has 5 aromatic rings. The first kappa shape index (κ1) is 38.0. The summed E-state index contributed by atoms with van der Waals surface area (Å²) in [5, 5.41) is 3.87. The molecule has 1 N–H and O–H groups in total. The molecule has 6 nitrogen and oxygen atoms in total. The van der Waals surface area contributed by atoms with Crippen molar-refractivity contribution in [1.82, 2.24) is 0 Å². The van der Waals surface area contributed by atoms with Gasteiger partial charge in [-0.3, -0.25) is 9.59 Å². The van der Waals surface area contributed by atoms with Gasteiger partial charge in [-0.25, -0.2) is 0 Å². The summed E-state index contributed by atoms with van der Waals surface area (Å²) in [5.41, 5.74) is 10.3. The second-order valence-electron chi connectivity index (χ2n) is 13.3. The van der Waals surface area contributed by atoms with E-state index < -0.39 is 16.5 Å². The van der Waals surface area contributed by atoms with Crippen molar-refractivity contribution < 1.29 is 22.2 Å². The molecule has 50 heavy (non-hydrogen) atoms. The molecule has 0 fully saturated rings. The van der Waals surface area contributed by atoms with Crippen LogP contribution in [0.15, 0.2) is 115 Å². The Morgan fingerprint density at radius 1 is 0.740 bits per heavy atom. The molecule has 0 aliphatic rings. The van der Waals surface area contributed by atoms with Crippen LogP contribution in [0.5, 0.6) is 0 Å². The van der Waals surface area contributed by atoms with Crippen molar-refractivity contribution in [2.24, 2.45) is 0 Å². The second-order valence-corrected chi connectivity index (χ2v) is 14.2. The number of rotatable bonds is 10. The minimum absolute atomic E-state index is 0.0798. The monoisotopic (exact) mass is 707 g/mol. The molecule has 0 unspecified atom stereocenters. The molecule has 0 heterocycles. The van der Waals surface area contributed by atoms with E-state index in [1.807, 2.05) is 80.6 Å². The molecule has 1 amide bonds. The molecule has 0 aromatic heterocycles. The normalized spacial score (nSPS) is 11.6. The van der Waals surface area contributed by atoms with Crippen molar-refractivity contribution in [3.8, 4) is 22.3 Å². The third kappa shape index (κ3) is 10.6. The summed E-state index contributed by atoms with van der Waals surface area (Å²) in [6.07, 6.45) is 1.86. The molecule has 5 aromatic carbocycles. The van der Waals surface area contributed by atoms with Crippen LogP contribution in [-0.2, 0) is 27.2 Å². The number of nitrogens with one attached hydrogen (secondary N) is 1. The Balaban J connectivity index is 0.00000133. The number of hydrogen-bond donors (Lipinski definition) is 1. The molecule has 0 aliphatic carbocycles. The van der Waals surface area contributed by atoms with Crippen molar-refractivity contribution in [3.05, 3.63) is 148 Å². The van der Waals surface area contributed by atoms with Gasteiger partial charge in [0.1, 0.15) is 0 Å². The van der Waals surface area contributed by atoms with E-state index in [4.69, 9.17) is 24.2 Å². The molecule has 0 bridgehead atoms. The quantitative estimate of drug-likeness (QED) is 0.146. The van der Waals surface area contributed by atoms with E-state index in [-0.39, 0.29) is 17.1 Å². The summed E-state index contributed by atoms with van der Waals surface area (Å²) in [5.74, 6) is -0.358. The maximum atomic E-state index is 13.9. The van der Waals surface area contributed by atoms with Crippen molar-refractivity contribution in [1.29, 1.82) is 0 Å². The molecule has 258 valence electrons. The maximum absolute atomic E-state index is 13.9. The topological polar surface area (TPSA) is 97.4 Å². The van der Waals surface area contributed by atoms with E-state index in [1.54, 1.807) is 0 Å². The summed E-state index contributed by atoms with van der Waals surface area (Å²) in [4.78, 5) is 26.3. The highest BCUT2D eigenvalue weighted by Crippen LogP contribution is 2.31. The number of anilines is 1. The molecule has 0 spiro atoms. The van der Waals surface area contributed by atoms with Crippen molar-refractivity contribution in [2.45, 2.75) is 65.2 Å². The van der Waals surface area contributed by atoms with E-state index in [1.165, 1.54) is 5.56 Å². The minimum atomic E-state index is -3.11. The Bertz CT molecular complexity index is 2030. The number of amides is 1.